The van der Waals surface area contributed by atoms with Crippen LogP contribution in [0.2, 0.25) is 0 Å². The minimum absolute atomic E-state index is 0.114. The van der Waals surface area contributed by atoms with Gasteiger partial charge in [-0.1, -0.05) is 59.3 Å². The van der Waals surface area contributed by atoms with Crippen LogP contribution in [-0.4, -0.2) is 37.8 Å². The molecule has 0 fully saturated rings. The molecule has 0 spiro atoms. The monoisotopic (exact) mass is 489 g/mol. The number of benzene rings is 2. The molecule has 2 aromatic heterocycles. The highest BCUT2D eigenvalue weighted by molar-refractivity contribution is 8.01. The summed E-state index contributed by atoms with van der Waals surface area (Å²) < 4.78 is 6.75. The fourth-order valence-electron chi connectivity index (χ4n) is 3.45. The number of rotatable bonds is 9. The lowest BCUT2D eigenvalue weighted by Crippen LogP contribution is -2.25. The first-order valence-corrected chi connectivity index (χ1v) is 12.3. The molecule has 0 saturated carbocycles. The average molecular weight is 490 g/mol. The molecule has 180 valence electrons. The number of nitrogens with one attached hydrogen (secondary N) is 2. The molecule has 0 aliphatic heterocycles. The average Bonchev–Trinajstić information content (AvgIpc) is 3.43. The molecular weight excluding hydrogens is 462 g/mol. The van der Waals surface area contributed by atoms with E-state index >= 15 is 0 Å². The van der Waals surface area contributed by atoms with Gasteiger partial charge < -0.3 is 15.2 Å². The van der Waals surface area contributed by atoms with Crippen molar-refractivity contribution >= 4 is 35.2 Å². The number of aryl methyl sites for hydroxylation is 2. The first-order valence-electron chi connectivity index (χ1n) is 11.2. The molecule has 1 unspecified atom stereocenters. The minimum atomic E-state index is -0.449. The topological polar surface area (TPSA) is 102 Å². The van der Waals surface area contributed by atoms with Crippen LogP contribution in [0.5, 0.6) is 0 Å². The summed E-state index contributed by atoms with van der Waals surface area (Å²) in [6, 6.07) is 21.6. The standard InChI is InChI=1S/C26H27N5O3S/c1-17-8-7-11-21(12-17)22-14-24(31(29-22)15-20-9-5-4-6-10-20)28-25(32)16-35-19(3)26(33)27-23-13-18(2)34-30-23/h4-14,19H,15-16H2,1-3H3,(H,28,32)(H,27,30,33). The van der Waals surface area contributed by atoms with Crippen LogP contribution in [0.3, 0.4) is 0 Å². The van der Waals surface area contributed by atoms with Gasteiger partial charge in [0.15, 0.2) is 5.82 Å². The summed E-state index contributed by atoms with van der Waals surface area (Å²) in [6.45, 7) is 6.05. The number of anilines is 2. The van der Waals surface area contributed by atoms with Gasteiger partial charge in [0.2, 0.25) is 11.8 Å². The molecule has 4 aromatic rings. The molecule has 0 saturated heterocycles. The van der Waals surface area contributed by atoms with Crippen molar-refractivity contribution in [2.45, 2.75) is 32.6 Å². The highest BCUT2D eigenvalue weighted by Gasteiger charge is 2.18. The van der Waals surface area contributed by atoms with Gasteiger partial charge in [-0.05, 0) is 32.4 Å². The van der Waals surface area contributed by atoms with E-state index in [0.717, 1.165) is 22.4 Å². The van der Waals surface area contributed by atoms with Crippen molar-refractivity contribution in [2.24, 2.45) is 0 Å². The predicted octanol–water partition coefficient (Wildman–Crippen LogP) is 4.90. The zero-order valence-corrected chi connectivity index (χ0v) is 20.6. The van der Waals surface area contributed by atoms with Crippen molar-refractivity contribution in [3.8, 4) is 11.3 Å². The maximum absolute atomic E-state index is 12.8. The summed E-state index contributed by atoms with van der Waals surface area (Å²) in [5.41, 5.74) is 3.97. The summed E-state index contributed by atoms with van der Waals surface area (Å²) in [5, 5.41) is 13.7. The lowest BCUT2D eigenvalue weighted by atomic mass is 10.1. The fourth-order valence-corrected chi connectivity index (χ4v) is 4.13. The van der Waals surface area contributed by atoms with Gasteiger partial charge in [-0.25, -0.2) is 4.68 Å². The van der Waals surface area contributed by atoms with Crippen molar-refractivity contribution in [3.63, 3.8) is 0 Å². The van der Waals surface area contributed by atoms with Gasteiger partial charge in [-0.15, -0.1) is 11.8 Å². The van der Waals surface area contributed by atoms with Crippen LogP contribution in [0, 0.1) is 13.8 Å². The number of hydrogen-bond acceptors (Lipinski definition) is 6. The molecule has 0 aliphatic carbocycles. The van der Waals surface area contributed by atoms with E-state index < -0.39 is 5.25 Å². The molecule has 1 atom stereocenters. The highest BCUT2D eigenvalue weighted by Crippen LogP contribution is 2.24. The molecule has 4 rings (SSSR count). The van der Waals surface area contributed by atoms with Gasteiger partial charge in [-0.2, -0.15) is 5.10 Å². The van der Waals surface area contributed by atoms with E-state index in [1.165, 1.54) is 11.8 Å². The molecule has 2 aromatic carbocycles. The van der Waals surface area contributed by atoms with Crippen molar-refractivity contribution in [2.75, 3.05) is 16.4 Å². The van der Waals surface area contributed by atoms with E-state index in [0.29, 0.717) is 23.9 Å². The maximum Gasteiger partial charge on any atom is 0.238 e. The molecule has 8 nitrogen and oxygen atoms in total. The van der Waals surface area contributed by atoms with Crippen LogP contribution in [0.1, 0.15) is 23.8 Å². The van der Waals surface area contributed by atoms with Gasteiger partial charge in [0.05, 0.1) is 23.2 Å². The van der Waals surface area contributed by atoms with Crippen molar-refractivity contribution < 1.29 is 14.1 Å². The van der Waals surface area contributed by atoms with Crippen LogP contribution in [0.15, 0.2) is 71.3 Å². The summed E-state index contributed by atoms with van der Waals surface area (Å²) in [4.78, 5) is 25.2. The molecule has 2 N–H and O–H groups in total. The van der Waals surface area contributed by atoms with Gasteiger partial charge in [0.1, 0.15) is 11.6 Å². The van der Waals surface area contributed by atoms with Gasteiger partial charge in [-0.3, -0.25) is 9.59 Å². The third-order valence-electron chi connectivity index (χ3n) is 5.25. The minimum Gasteiger partial charge on any atom is -0.360 e. The Bertz CT molecular complexity index is 1320. The third-order valence-corrected chi connectivity index (χ3v) is 6.39. The van der Waals surface area contributed by atoms with Gasteiger partial charge in [0.25, 0.3) is 0 Å². The van der Waals surface area contributed by atoms with Crippen LogP contribution in [0.4, 0.5) is 11.6 Å². The van der Waals surface area contributed by atoms with Crippen LogP contribution in [-0.2, 0) is 16.1 Å². The smallest absolute Gasteiger partial charge is 0.238 e. The number of nitrogens with zero attached hydrogens (tertiary/aromatic N) is 3. The molecule has 2 amide bonds. The molecule has 2 heterocycles. The number of aromatic nitrogens is 3. The third kappa shape index (κ3) is 6.60. The lowest BCUT2D eigenvalue weighted by Gasteiger charge is -2.11. The number of carbonyl (C=O) groups excluding carboxylic acids is 2. The quantitative estimate of drug-likeness (QED) is 0.347. The highest BCUT2D eigenvalue weighted by atomic mass is 32.2. The van der Waals surface area contributed by atoms with E-state index in [2.05, 4.69) is 21.9 Å². The molecular formula is C26H27N5O3S. The Morgan fingerprint density at radius 3 is 2.54 bits per heavy atom. The normalized spacial score (nSPS) is 11.7. The van der Waals surface area contributed by atoms with Gasteiger partial charge in [0, 0.05) is 17.7 Å². The Balaban J connectivity index is 1.43. The SMILES string of the molecule is Cc1cccc(-c2cc(NC(=O)CSC(C)C(=O)Nc3cc(C)on3)n(Cc3ccccc3)n2)c1. The second-order valence-corrected chi connectivity index (χ2v) is 9.57. The van der Waals surface area contributed by atoms with E-state index in [-0.39, 0.29) is 17.6 Å². The van der Waals surface area contributed by atoms with Crippen molar-refractivity contribution in [1.82, 2.24) is 14.9 Å². The van der Waals surface area contributed by atoms with E-state index in [9.17, 15) is 9.59 Å². The lowest BCUT2D eigenvalue weighted by molar-refractivity contribution is -0.115. The number of carbonyl (C=O) groups is 2. The Morgan fingerprint density at radius 2 is 1.83 bits per heavy atom. The predicted molar refractivity (Wildman–Crippen MR) is 138 cm³/mol. The second-order valence-electron chi connectivity index (χ2n) is 8.24. The molecule has 0 radical (unpaired) electrons. The van der Waals surface area contributed by atoms with Gasteiger partial charge >= 0.3 is 0 Å². The number of amides is 2. The summed E-state index contributed by atoms with van der Waals surface area (Å²) in [5.74, 6) is 1.23. The Morgan fingerprint density at radius 1 is 1.03 bits per heavy atom. The zero-order valence-electron chi connectivity index (χ0n) is 19.8. The first kappa shape index (κ1) is 24.3. The Labute approximate surface area is 208 Å². The van der Waals surface area contributed by atoms with Crippen molar-refractivity contribution in [1.29, 1.82) is 0 Å². The summed E-state index contributed by atoms with van der Waals surface area (Å²) >= 11 is 1.24. The number of hydrogen-bond donors (Lipinski definition) is 2. The zero-order chi connectivity index (χ0) is 24.8. The largest absolute Gasteiger partial charge is 0.360 e. The molecule has 9 heteroatoms. The maximum atomic E-state index is 12.8. The molecule has 35 heavy (non-hydrogen) atoms. The number of thioether (sulfide) groups is 1. The molecule has 0 aliphatic rings. The van der Waals surface area contributed by atoms with Crippen LogP contribution in [0.25, 0.3) is 11.3 Å². The second kappa shape index (κ2) is 11.1. The molecule has 0 bridgehead atoms. The van der Waals surface area contributed by atoms with Crippen LogP contribution >= 0.6 is 11.8 Å². The fraction of sp³-hybridized carbons (Fsp3) is 0.231. The van der Waals surface area contributed by atoms with Crippen LogP contribution < -0.4 is 10.6 Å². The summed E-state index contributed by atoms with van der Waals surface area (Å²) in [6.07, 6.45) is 0. The Kier molecular flexibility index (Phi) is 7.67. The van der Waals surface area contributed by atoms with E-state index in [1.54, 1.807) is 24.6 Å². The summed E-state index contributed by atoms with van der Waals surface area (Å²) in [7, 11) is 0. The first-order chi connectivity index (χ1) is 16.9. The Hall–Kier alpha value is -3.85. The van der Waals surface area contributed by atoms with Crippen molar-refractivity contribution in [3.05, 3.63) is 83.6 Å². The van der Waals surface area contributed by atoms with E-state index in [1.807, 2.05) is 61.5 Å². The van der Waals surface area contributed by atoms with E-state index in [4.69, 9.17) is 9.62 Å².